The number of nitrogens with zero attached hydrogens (tertiary/aromatic N) is 2. The maximum absolute atomic E-state index is 12.7. The molecule has 2 aromatic carbocycles. The van der Waals surface area contributed by atoms with Crippen LogP contribution in [0.15, 0.2) is 48.8 Å². The Bertz CT molecular complexity index is 1260. The second kappa shape index (κ2) is 10.5. The Labute approximate surface area is 210 Å². The molecule has 36 heavy (non-hydrogen) atoms. The topological polar surface area (TPSA) is 96.3 Å². The molecular weight excluding hydrogens is 497 g/mol. The average Bonchev–Trinajstić information content (AvgIpc) is 3.26. The third-order valence-corrected chi connectivity index (χ3v) is 7.17. The predicted octanol–water partition coefficient (Wildman–Crippen LogP) is 4.71. The fourth-order valence-corrected chi connectivity index (χ4v) is 4.98. The van der Waals surface area contributed by atoms with Gasteiger partial charge in [-0.1, -0.05) is 36.2 Å². The summed E-state index contributed by atoms with van der Waals surface area (Å²) >= 11 is 6.55. The van der Waals surface area contributed by atoms with E-state index in [4.69, 9.17) is 21.5 Å². The number of para-hydroxylation sites is 2. The molecule has 1 atom stereocenters. The summed E-state index contributed by atoms with van der Waals surface area (Å²) in [7, 11) is 0. The Morgan fingerprint density at radius 1 is 1.22 bits per heavy atom. The van der Waals surface area contributed by atoms with Gasteiger partial charge in [-0.15, -0.1) is 0 Å². The first-order valence-electron chi connectivity index (χ1n) is 11.6. The quantitative estimate of drug-likeness (QED) is 0.461. The van der Waals surface area contributed by atoms with Crippen LogP contribution in [-0.4, -0.2) is 45.8 Å². The van der Waals surface area contributed by atoms with E-state index in [1.165, 1.54) is 19.3 Å². The van der Waals surface area contributed by atoms with E-state index in [-0.39, 0.29) is 11.8 Å². The minimum absolute atomic E-state index is 0.0550. The van der Waals surface area contributed by atoms with Gasteiger partial charge >= 0.3 is 12.1 Å². The van der Waals surface area contributed by atoms with Crippen molar-refractivity contribution in [1.82, 2.24) is 20.2 Å². The van der Waals surface area contributed by atoms with Gasteiger partial charge in [0, 0.05) is 30.3 Å². The Morgan fingerprint density at radius 2 is 1.94 bits per heavy atom. The molecule has 1 aliphatic heterocycles. The van der Waals surface area contributed by atoms with Crippen molar-refractivity contribution in [2.24, 2.45) is 11.3 Å². The average molecular weight is 523 g/mol. The molecule has 0 bridgehead atoms. The SMILES string of the molecule is O=C(NCc1ccc(-n2cnc3ccccc32)cc1Cl)C1CNCC2(CCC2)C1.O=C(O)C(F)(F)F. The number of fused-ring (bicyclic) bond motifs is 1. The first-order valence-corrected chi connectivity index (χ1v) is 12.0. The third-order valence-electron chi connectivity index (χ3n) is 6.82. The zero-order valence-electron chi connectivity index (χ0n) is 19.3. The van der Waals surface area contributed by atoms with Crippen molar-refractivity contribution in [3.8, 4) is 5.69 Å². The zero-order valence-corrected chi connectivity index (χ0v) is 20.1. The Morgan fingerprint density at radius 3 is 2.58 bits per heavy atom. The summed E-state index contributed by atoms with van der Waals surface area (Å²) in [5, 5.41) is 14.3. The van der Waals surface area contributed by atoms with Crippen LogP contribution in [0.25, 0.3) is 16.7 Å². The van der Waals surface area contributed by atoms with Crippen molar-refractivity contribution >= 4 is 34.5 Å². The number of amides is 1. The summed E-state index contributed by atoms with van der Waals surface area (Å²) in [5.41, 5.74) is 4.25. The second-order valence-corrected chi connectivity index (χ2v) is 9.69. The van der Waals surface area contributed by atoms with Gasteiger partial charge in [-0.3, -0.25) is 9.36 Å². The Kier molecular flexibility index (Phi) is 7.56. The molecule has 1 aromatic heterocycles. The normalized spacial score (nSPS) is 18.7. The Balaban J connectivity index is 0.000000384. The first kappa shape index (κ1) is 26.0. The maximum atomic E-state index is 12.7. The lowest BCUT2D eigenvalue weighted by Gasteiger charge is -2.47. The van der Waals surface area contributed by atoms with Crippen molar-refractivity contribution in [1.29, 1.82) is 0 Å². The predicted molar refractivity (Wildman–Crippen MR) is 129 cm³/mol. The molecule has 1 aliphatic carbocycles. The standard InChI is InChI=1S/C23H25ClN4O.C2HF3O2/c24-19-10-18(28-15-27-20-4-1-2-5-21(20)28)7-6-16(19)13-26-22(29)17-11-23(8-3-9-23)14-25-12-17;3-2(4,5)1(6)7/h1-2,4-7,10,15,17,25H,3,8-9,11-14H2,(H,26,29);(H,6,7). The lowest BCUT2D eigenvalue weighted by atomic mass is 9.62. The highest BCUT2D eigenvalue weighted by Gasteiger charge is 2.42. The molecular formula is C25H26ClF3N4O3. The minimum atomic E-state index is -5.08. The van der Waals surface area contributed by atoms with Crippen molar-refractivity contribution in [2.45, 2.75) is 38.4 Å². The van der Waals surface area contributed by atoms with Crippen LogP contribution in [0.4, 0.5) is 13.2 Å². The summed E-state index contributed by atoms with van der Waals surface area (Å²) < 4.78 is 33.8. The van der Waals surface area contributed by atoms with E-state index in [0.717, 1.165) is 41.8 Å². The molecule has 2 heterocycles. The minimum Gasteiger partial charge on any atom is -0.475 e. The number of hydrogen-bond acceptors (Lipinski definition) is 4. The molecule has 3 aromatic rings. The van der Waals surface area contributed by atoms with E-state index in [1.54, 1.807) is 0 Å². The lowest BCUT2D eigenvalue weighted by molar-refractivity contribution is -0.192. The fraction of sp³-hybridized carbons (Fsp3) is 0.400. The molecule has 2 fully saturated rings. The van der Waals surface area contributed by atoms with Crippen molar-refractivity contribution in [2.75, 3.05) is 13.1 Å². The van der Waals surface area contributed by atoms with Gasteiger partial charge in [0.1, 0.15) is 6.33 Å². The molecule has 5 rings (SSSR count). The monoisotopic (exact) mass is 522 g/mol. The van der Waals surface area contributed by atoms with E-state index >= 15 is 0 Å². The maximum Gasteiger partial charge on any atom is 0.490 e. The summed E-state index contributed by atoms with van der Waals surface area (Å²) in [4.78, 5) is 26.0. The molecule has 0 radical (unpaired) electrons. The van der Waals surface area contributed by atoms with Gasteiger partial charge < -0.3 is 15.7 Å². The number of hydrogen-bond donors (Lipinski definition) is 3. The number of carboxylic acid groups (broad SMARTS) is 1. The van der Waals surface area contributed by atoms with Crippen LogP contribution in [-0.2, 0) is 16.1 Å². The number of halogens is 4. The van der Waals surface area contributed by atoms with Crippen molar-refractivity contribution in [3.05, 3.63) is 59.4 Å². The van der Waals surface area contributed by atoms with E-state index in [1.807, 2.05) is 53.4 Å². The Hall–Kier alpha value is -3.11. The number of aliphatic carboxylic acids is 1. The van der Waals surface area contributed by atoms with Crippen molar-refractivity contribution in [3.63, 3.8) is 0 Å². The molecule has 1 spiro atoms. The van der Waals surface area contributed by atoms with Gasteiger partial charge in [0.2, 0.25) is 5.91 Å². The largest absolute Gasteiger partial charge is 0.490 e. The van der Waals surface area contributed by atoms with Crippen LogP contribution in [0.2, 0.25) is 5.02 Å². The number of benzene rings is 2. The highest BCUT2D eigenvalue weighted by molar-refractivity contribution is 6.31. The number of carboxylic acids is 1. The number of nitrogens with one attached hydrogen (secondary N) is 2. The smallest absolute Gasteiger partial charge is 0.475 e. The van der Waals surface area contributed by atoms with E-state index in [0.29, 0.717) is 17.0 Å². The molecule has 1 unspecified atom stereocenters. The van der Waals surface area contributed by atoms with Crippen LogP contribution in [0.1, 0.15) is 31.2 Å². The van der Waals surface area contributed by atoms with Gasteiger partial charge in [-0.2, -0.15) is 13.2 Å². The molecule has 1 saturated carbocycles. The van der Waals surface area contributed by atoms with E-state index in [2.05, 4.69) is 15.6 Å². The zero-order chi connectivity index (χ0) is 25.9. The molecule has 11 heteroatoms. The third kappa shape index (κ3) is 5.82. The molecule has 1 saturated heterocycles. The molecule has 7 nitrogen and oxygen atoms in total. The van der Waals surface area contributed by atoms with Crippen LogP contribution in [0.5, 0.6) is 0 Å². The molecule has 3 N–H and O–H groups in total. The highest BCUT2D eigenvalue weighted by Crippen LogP contribution is 2.46. The number of rotatable bonds is 4. The second-order valence-electron chi connectivity index (χ2n) is 9.29. The molecule has 2 aliphatic rings. The number of aromatic nitrogens is 2. The number of imidazole rings is 1. The van der Waals surface area contributed by atoms with Gasteiger partial charge in [-0.05, 0) is 54.5 Å². The lowest BCUT2D eigenvalue weighted by Crippen LogP contribution is -2.51. The molecule has 1 amide bonds. The van der Waals surface area contributed by atoms with Crippen LogP contribution in [0.3, 0.4) is 0 Å². The van der Waals surface area contributed by atoms with Crippen molar-refractivity contribution < 1.29 is 27.9 Å². The number of alkyl halides is 3. The van der Waals surface area contributed by atoms with Gasteiger partial charge in [0.25, 0.3) is 0 Å². The van der Waals surface area contributed by atoms with E-state index < -0.39 is 12.1 Å². The fourth-order valence-electron chi connectivity index (χ4n) is 4.74. The van der Waals surface area contributed by atoms with Gasteiger partial charge in [0.15, 0.2) is 0 Å². The summed E-state index contributed by atoms with van der Waals surface area (Å²) in [6.45, 7) is 2.28. The van der Waals surface area contributed by atoms with Gasteiger partial charge in [0.05, 0.1) is 17.0 Å². The van der Waals surface area contributed by atoms with Gasteiger partial charge in [-0.25, -0.2) is 9.78 Å². The van der Waals surface area contributed by atoms with Crippen LogP contribution in [0, 0.1) is 11.3 Å². The summed E-state index contributed by atoms with van der Waals surface area (Å²) in [6, 6.07) is 13.9. The van der Waals surface area contributed by atoms with Crippen LogP contribution < -0.4 is 10.6 Å². The van der Waals surface area contributed by atoms with E-state index in [9.17, 15) is 18.0 Å². The first-order chi connectivity index (χ1) is 17.1. The number of carbonyl (C=O) groups is 2. The highest BCUT2D eigenvalue weighted by atomic mass is 35.5. The van der Waals surface area contributed by atoms with Crippen LogP contribution >= 0.6 is 11.6 Å². The number of carbonyl (C=O) groups excluding carboxylic acids is 1. The summed E-state index contributed by atoms with van der Waals surface area (Å²) in [6.07, 6.45) is 1.53. The molecule has 192 valence electrons. The summed E-state index contributed by atoms with van der Waals surface area (Å²) in [5.74, 6) is -2.57. The number of piperidine rings is 1.